The van der Waals surface area contributed by atoms with Gasteiger partial charge in [0, 0.05) is 54.9 Å². The normalized spacial score (nSPS) is 20.2. The van der Waals surface area contributed by atoms with Crippen molar-refractivity contribution in [2.45, 2.75) is 58.2 Å². The number of nitriles is 1. The van der Waals surface area contributed by atoms with E-state index in [9.17, 15) is 10.1 Å². The molecular formula is C36H46ClN7O2. The predicted molar refractivity (Wildman–Crippen MR) is 186 cm³/mol. The summed E-state index contributed by atoms with van der Waals surface area (Å²) in [5.41, 5.74) is 4.01. The molecule has 0 N–H and O–H groups in total. The number of anilines is 2. The summed E-state index contributed by atoms with van der Waals surface area (Å²) >= 11 is 6.69. The van der Waals surface area contributed by atoms with Crippen LogP contribution >= 0.6 is 11.6 Å². The number of likely N-dealkylation sites (N-methyl/N-ethyl adjacent to an activating group) is 2. The third-order valence-electron chi connectivity index (χ3n) is 9.57. The minimum Gasteiger partial charge on any atom is -0.462 e. The second-order valence-corrected chi connectivity index (χ2v) is 13.3. The molecule has 2 saturated heterocycles. The minimum atomic E-state index is 0.184. The van der Waals surface area contributed by atoms with Crippen molar-refractivity contribution in [3.8, 4) is 12.1 Å². The maximum atomic E-state index is 9.85. The smallest absolute Gasteiger partial charge is 0.318 e. The van der Waals surface area contributed by atoms with E-state index in [1.807, 2.05) is 26.0 Å². The van der Waals surface area contributed by atoms with Crippen molar-refractivity contribution in [2.24, 2.45) is 5.92 Å². The van der Waals surface area contributed by atoms with Crippen molar-refractivity contribution in [2.75, 3.05) is 63.2 Å². The van der Waals surface area contributed by atoms with E-state index in [-0.39, 0.29) is 6.04 Å². The number of nitrogens with zero attached hydrogens (tertiary/aromatic N) is 7. The summed E-state index contributed by atoms with van der Waals surface area (Å²) in [5, 5.41) is 12.4. The monoisotopic (exact) mass is 643 g/mol. The number of ether oxygens (including phenoxy) is 1. The van der Waals surface area contributed by atoms with E-state index in [4.69, 9.17) is 26.3 Å². The molecule has 1 aromatic heterocycles. The van der Waals surface area contributed by atoms with E-state index in [1.165, 1.54) is 12.0 Å². The number of hydrogen-bond donors (Lipinski definition) is 0. The Morgan fingerprint density at radius 3 is 2.52 bits per heavy atom. The molecule has 10 heteroatoms. The minimum absolute atomic E-state index is 0.184. The van der Waals surface area contributed by atoms with Crippen LogP contribution in [0.25, 0.3) is 10.8 Å². The van der Waals surface area contributed by atoms with Gasteiger partial charge < -0.3 is 19.4 Å². The van der Waals surface area contributed by atoms with Gasteiger partial charge in [0.15, 0.2) is 0 Å². The standard InChI is InChI=1S/C30H36ClN7O.C6H10O/c1-35-14-5-8-23(35)20-39-30-33-26-19-37(27-10-4-7-21-6-3-9-25(31)28(21)27)15-12-24(26)29(34-30)38-17-16-36(2)22(18-38)11-13-32;1-5(2)6(3)4-7/h3-4,6-7,9-10,22-23H,5,8,11-12,14-20H2,1-2H3;4-5H,3H2,1-2H3. The Morgan fingerprint density at radius 2 is 1.85 bits per heavy atom. The molecule has 4 heterocycles. The van der Waals surface area contributed by atoms with Gasteiger partial charge in [-0.2, -0.15) is 15.2 Å². The van der Waals surface area contributed by atoms with Gasteiger partial charge in [-0.25, -0.2) is 0 Å². The number of hydrogen-bond acceptors (Lipinski definition) is 9. The van der Waals surface area contributed by atoms with Gasteiger partial charge in [-0.3, -0.25) is 9.69 Å². The molecule has 0 amide bonds. The number of piperazine rings is 1. The van der Waals surface area contributed by atoms with Crippen LogP contribution in [0, 0.1) is 17.2 Å². The summed E-state index contributed by atoms with van der Waals surface area (Å²) in [6, 6.07) is 15.8. The number of aldehydes is 1. The molecule has 9 nitrogen and oxygen atoms in total. The molecule has 0 aliphatic carbocycles. The van der Waals surface area contributed by atoms with Gasteiger partial charge >= 0.3 is 6.01 Å². The summed E-state index contributed by atoms with van der Waals surface area (Å²) in [6.45, 7) is 13.2. The summed E-state index contributed by atoms with van der Waals surface area (Å²) in [4.78, 5) is 29.2. The first kappa shape index (κ1) is 33.6. The first-order valence-electron chi connectivity index (χ1n) is 16.3. The molecule has 3 aliphatic rings. The number of aromatic nitrogens is 2. The maximum Gasteiger partial charge on any atom is 0.318 e. The molecule has 244 valence electrons. The van der Waals surface area contributed by atoms with Crippen LogP contribution in [0.4, 0.5) is 11.5 Å². The highest BCUT2D eigenvalue weighted by Crippen LogP contribution is 2.37. The van der Waals surface area contributed by atoms with Crippen molar-refractivity contribution < 1.29 is 9.53 Å². The molecular weight excluding hydrogens is 598 g/mol. The Labute approximate surface area is 278 Å². The Balaban J connectivity index is 0.000000537. The zero-order valence-corrected chi connectivity index (χ0v) is 28.3. The molecule has 6 rings (SSSR count). The quantitative estimate of drug-likeness (QED) is 0.225. The average Bonchev–Trinajstić information content (AvgIpc) is 3.48. The molecule has 2 fully saturated rings. The second kappa shape index (κ2) is 15.3. The van der Waals surface area contributed by atoms with Crippen molar-refractivity contribution >= 4 is 40.2 Å². The highest BCUT2D eigenvalue weighted by molar-refractivity contribution is 6.36. The molecule has 3 aliphatic heterocycles. The van der Waals surface area contributed by atoms with Crippen LogP contribution in [0.5, 0.6) is 6.01 Å². The van der Waals surface area contributed by atoms with Crippen LogP contribution in [0.15, 0.2) is 48.6 Å². The number of fused-ring (bicyclic) bond motifs is 2. The van der Waals surface area contributed by atoms with E-state index in [0.29, 0.717) is 43.1 Å². The van der Waals surface area contributed by atoms with Gasteiger partial charge in [-0.1, -0.05) is 56.3 Å². The molecule has 0 spiro atoms. The molecule has 2 aromatic carbocycles. The lowest BCUT2D eigenvalue weighted by Gasteiger charge is -2.41. The first-order valence-corrected chi connectivity index (χ1v) is 16.7. The number of carbonyl (C=O) groups excluding carboxylic acids is 1. The summed E-state index contributed by atoms with van der Waals surface area (Å²) < 4.78 is 6.29. The third kappa shape index (κ3) is 7.63. The lowest BCUT2D eigenvalue weighted by atomic mass is 10.0. The van der Waals surface area contributed by atoms with E-state index in [0.717, 1.165) is 84.8 Å². The SMILES string of the molecule is C=C(C=O)C(C)C.CN1CCCC1COc1nc2c(c(N3CCN(C)C(CC#N)C3)n1)CCN(c1cccc3cccc(Cl)c13)C2. The predicted octanol–water partition coefficient (Wildman–Crippen LogP) is 5.75. The topological polar surface area (TPSA) is 88.8 Å². The van der Waals surface area contributed by atoms with E-state index >= 15 is 0 Å². The summed E-state index contributed by atoms with van der Waals surface area (Å²) in [7, 11) is 4.27. The number of rotatable bonds is 8. The molecule has 0 bridgehead atoms. The number of allylic oxidation sites excluding steroid dienone is 1. The number of likely N-dealkylation sites (tertiary alicyclic amines) is 1. The maximum absolute atomic E-state index is 9.85. The van der Waals surface area contributed by atoms with Gasteiger partial charge in [0.1, 0.15) is 18.7 Å². The van der Waals surface area contributed by atoms with Crippen LogP contribution in [0.3, 0.4) is 0 Å². The Hall–Kier alpha value is -3.71. The Bertz CT molecular complexity index is 1580. The molecule has 2 atom stereocenters. The van der Waals surface area contributed by atoms with Crippen molar-refractivity contribution in [3.05, 3.63) is 64.8 Å². The van der Waals surface area contributed by atoms with Crippen molar-refractivity contribution in [1.82, 2.24) is 19.8 Å². The molecule has 2 unspecified atom stereocenters. The van der Waals surface area contributed by atoms with E-state index < -0.39 is 0 Å². The van der Waals surface area contributed by atoms with E-state index in [2.05, 4.69) is 70.6 Å². The molecule has 0 saturated carbocycles. The van der Waals surface area contributed by atoms with Gasteiger partial charge in [0.05, 0.1) is 29.8 Å². The van der Waals surface area contributed by atoms with Gasteiger partial charge in [-0.15, -0.1) is 0 Å². The fourth-order valence-electron chi connectivity index (χ4n) is 6.42. The highest BCUT2D eigenvalue weighted by atomic mass is 35.5. The average molecular weight is 644 g/mol. The first-order chi connectivity index (χ1) is 22.2. The van der Waals surface area contributed by atoms with Crippen LogP contribution in [0.1, 0.15) is 44.4 Å². The third-order valence-corrected chi connectivity index (χ3v) is 9.88. The van der Waals surface area contributed by atoms with Gasteiger partial charge in [0.2, 0.25) is 0 Å². The van der Waals surface area contributed by atoms with E-state index in [1.54, 1.807) is 0 Å². The molecule has 46 heavy (non-hydrogen) atoms. The van der Waals surface area contributed by atoms with Crippen LogP contribution < -0.4 is 14.5 Å². The zero-order chi connectivity index (χ0) is 32.8. The van der Waals surface area contributed by atoms with Gasteiger partial charge in [-0.05, 0) is 68.9 Å². The van der Waals surface area contributed by atoms with Crippen molar-refractivity contribution in [3.63, 3.8) is 0 Å². The van der Waals surface area contributed by atoms with Crippen LogP contribution in [-0.2, 0) is 17.8 Å². The summed E-state index contributed by atoms with van der Waals surface area (Å²) in [6.07, 6.45) is 4.48. The lowest BCUT2D eigenvalue weighted by Crippen LogP contribution is -2.52. The van der Waals surface area contributed by atoms with Crippen LogP contribution in [0.2, 0.25) is 5.02 Å². The largest absolute Gasteiger partial charge is 0.462 e. The Morgan fingerprint density at radius 1 is 1.09 bits per heavy atom. The Kier molecular flexibility index (Phi) is 11.2. The molecule has 3 aromatic rings. The zero-order valence-electron chi connectivity index (χ0n) is 27.6. The van der Waals surface area contributed by atoms with Crippen molar-refractivity contribution in [1.29, 1.82) is 5.26 Å². The number of benzene rings is 2. The lowest BCUT2D eigenvalue weighted by molar-refractivity contribution is -0.105. The number of carbonyl (C=O) groups is 1. The number of halogens is 1. The molecule has 0 radical (unpaired) electrons. The highest BCUT2D eigenvalue weighted by Gasteiger charge is 2.31. The fraction of sp³-hybridized carbons (Fsp3) is 0.500. The fourth-order valence-corrected chi connectivity index (χ4v) is 6.70. The summed E-state index contributed by atoms with van der Waals surface area (Å²) in [5.74, 6) is 1.28. The second-order valence-electron chi connectivity index (χ2n) is 12.9. The van der Waals surface area contributed by atoms with Gasteiger partial charge in [0.25, 0.3) is 0 Å². The van der Waals surface area contributed by atoms with Crippen LogP contribution in [-0.4, -0.2) is 91.6 Å².